The first kappa shape index (κ1) is 17.2. The molecular formula is C19H25N5O. The summed E-state index contributed by atoms with van der Waals surface area (Å²) in [6.07, 6.45) is 4.24. The largest absolute Gasteiger partial charge is 0.382 e. The molecule has 1 aromatic carbocycles. The standard InChI is InChI=1S/C19H25N5O/c1-12(2)14-6-3-13(4-7-14)5-8-15-9-10-16-17(24(15)11-25)18(20)23-19(21)22-16/h3-4,6-7,11-12,15H,5,8-10H2,1-2H3,(H4,20,21,22,23). The van der Waals surface area contributed by atoms with Crippen molar-refractivity contribution < 1.29 is 4.79 Å². The molecule has 2 aromatic rings. The van der Waals surface area contributed by atoms with Gasteiger partial charge < -0.3 is 16.4 Å². The van der Waals surface area contributed by atoms with E-state index in [2.05, 4.69) is 48.1 Å². The Morgan fingerprint density at radius 3 is 2.60 bits per heavy atom. The van der Waals surface area contributed by atoms with Crippen LogP contribution in [-0.4, -0.2) is 22.4 Å². The number of benzene rings is 1. The Kier molecular flexibility index (Phi) is 4.88. The number of fused-ring (bicyclic) bond motifs is 1. The van der Waals surface area contributed by atoms with Crippen molar-refractivity contribution in [1.82, 2.24) is 9.97 Å². The lowest BCUT2D eigenvalue weighted by atomic mass is 9.94. The molecule has 0 bridgehead atoms. The molecular weight excluding hydrogens is 314 g/mol. The molecule has 1 aromatic heterocycles. The van der Waals surface area contributed by atoms with Gasteiger partial charge in [-0.15, -0.1) is 0 Å². The molecule has 1 aliphatic rings. The fourth-order valence-electron chi connectivity index (χ4n) is 3.45. The summed E-state index contributed by atoms with van der Waals surface area (Å²) in [4.78, 5) is 21.6. The normalized spacial score (nSPS) is 16.8. The van der Waals surface area contributed by atoms with Gasteiger partial charge in [-0.2, -0.15) is 4.98 Å². The molecule has 132 valence electrons. The Morgan fingerprint density at radius 2 is 1.96 bits per heavy atom. The van der Waals surface area contributed by atoms with Crippen LogP contribution in [0.4, 0.5) is 17.5 Å². The second-order valence-corrected chi connectivity index (χ2v) is 6.90. The van der Waals surface area contributed by atoms with E-state index in [4.69, 9.17) is 11.5 Å². The predicted octanol–water partition coefficient (Wildman–Crippen LogP) is 2.67. The average Bonchev–Trinajstić information content (AvgIpc) is 2.59. The molecule has 25 heavy (non-hydrogen) atoms. The van der Waals surface area contributed by atoms with Gasteiger partial charge in [-0.25, -0.2) is 4.98 Å². The minimum atomic E-state index is 0.101. The molecule has 0 spiro atoms. The number of rotatable bonds is 5. The number of hydrogen-bond acceptors (Lipinski definition) is 5. The molecule has 0 fully saturated rings. The lowest BCUT2D eigenvalue weighted by molar-refractivity contribution is -0.108. The first-order chi connectivity index (χ1) is 12.0. The van der Waals surface area contributed by atoms with E-state index in [1.165, 1.54) is 11.1 Å². The van der Waals surface area contributed by atoms with Gasteiger partial charge in [0.2, 0.25) is 12.4 Å². The van der Waals surface area contributed by atoms with Crippen LogP contribution in [0.5, 0.6) is 0 Å². The first-order valence-corrected chi connectivity index (χ1v) is 8.74. The lowest BCUT2D eigenvalue weighted by Gasteiger charge is -2.34. The van der Waals surface area contributed by atoms with Crippen LogP contribution in [0.1, 0.15) is 49.4 Å². The third-order valence-corrected chi connectivity index (χ3v) is 4.89. The fraction of sp³-hybridized carbons (Fsp3) is 0.421. The van der Waals surface area contributed by atoms with E-state index in [-0.39, 0.29) is 17.8 Å². The van der Waals surface area contributed by atoms with Crippen LogP contribution in [0.2, 0.25) is 0 Å². The van der Waals surface area contributed by atoms with E-state index in [0.717, 1.165) is 37.8 Å². The number of amides is 1. The smallest absolute Gasteiger partial charge is 0.222 e. The highest BCUT2D eigenvalue weighted by Gasteiger charge is 2.29. The summed E-state index contributed by atoms with van der Waals surface area (Å²) < 4.78 is 0. The Morgan fingerprint density at radius 1 is 1.24 bits per heavy atom. The first-order valence-electron chi connectivity index (χ1n) is 8.74. The molecule has 1 atom stereocenters. The summed E-state index contributed by atoms with van der Waals surface area (Å²) in [7, 11) is 0. The molecule has 1 amide bonds. The molecule has 2 heterocycles. The van der Waals surface area contributed by atoms with Gasteiger partial charge in [0.15, 0.2) is 5.82 Å². The Labute approximate surface area is 148 Å². The highest BCUT2D eigenvalue weighted by molar-refractivity contribution is 5.84. The van der Waals surface area contributed by atoms with E-state index in [1.807, 2.05) is 0 Å². The van der Waals surface area contributed by atoms with Gasteiger partial charge in [-0.05, 0) is 42.7 Å². The van der Waals surface area contributed by atoms with E-state index < -0.39 is 0 Å². The molecule has 1 unspecified atom stereocenters. The van der Waals surface area contributed by atoms with Crippen molar-refractivity contribution in [2.45, 2.75) is 51.5 Å². The fourth-order valence-corrected chi connectivity index (χ4v) is 3.45. The predicted molar refractivity (Wildman–Crippen MR) is 100 cm³/mol. The molecule has 0 radical (unpaired) electrons. The van der Waals surface area contributed by atoms with Crippen LogP contribution < -0.4 is 16.4 Å². The number of carbonyl (C=O) groups is 1. The van der Waals surface area contributed by atoms with E-state index in [0.29, 0.717) is 11.6 Å². The van der Waals surface area contributed by atoms with Crippen LogP contribution in [-0.2, 0) is 17.6 Å². The van der Waals surface area contributed by atoms with Crippen molar-refractivity contribution in [2.24, 2.45) is 0 Å². The number of nitrogens with zero attached hydrogens (tertiary/aromatic N) is 3. The zero-order valence-electron chi connectivity index (χ0n) is 14.8. The minimum Gasteiger partial charge on any atom is -0.382 e. The number of nitrogen functional groups attached to an aromatic ring is 2. The third-order valence-electron chi connectivity index (χ3n) is 4.89. The number of anilines is 3. The number of carbonyl (C=O) groups excluding carboxylic acids is 1. The maximum Gasteiger partial charge on any atom is 0.222 e. The second kappa shape index (κ2) is 7.09. The summed E-state index contributed by atoms with van der Waals surface area (Å²) >= 11 is 0. The van der Waals surface area contributed by atoms with E-state index >= 15 is 0 Å². The maximum atomic E-state index is 11.7. The molecule has 6 nitrogen and oxygen atoms in total. The number of nitrogens with two attached hydrogens (primary N) is 2. The summed E-state index contributed by atoms with van der Waals surface area (Å²) in [5, 5.41) is 0. The van der Waals surface area contributed by atoms with Gasteiger partial charge in [-0.3, -0.25) is 4.79 Å². The van der Waals surface area contributed by atoms with Crippen molar-refractivity contribution in [2.75, 3.05) is 16.4 Å². The molecule has 0 aliphatic carbocycles. The van der Waals surface area contributed by atoms with Crippen LogP contribution >= 0.6 is 0 Å². The Balaban J connectivity index is 1.73. The lowest BCUT2D eigenvalue weighted by Crippen LogP contribution is -2.40. The summed E-state index contributed by atoms with van der Waals surface area (Å²) in [6, 6.07) is 8.82. The number of aromatic nitrogens is 2. The second-order valence-electron chi connectivity index (χ2n) is 6.90. The van der Waals surface area contributed by atoms with Gasteiger partial charge in [0.1, 0.15) is 5.69 Å². The molecule has 1 aliphatic heterocycles. The Bertz CT molecular complexity index is 757. The van der Waals surface area contributed by atoms with Crippen molar-refractivity contribution in [1.29, 1.82) is 0 Å². The zero-order chi connectivity index (χ0) is 18.0. The van der Waals surface area contributed by atoms with Crippen molar-refractivity contribution >= 4 is 23.9 Å². The maximum absolute atomic E-state index is 11.7. The van der Waals surface area contributed by atoms with E-state index in [9.17, 15) is 4.79 Å². The van der Waals surface area contributed by atoms with Gasteiger partial charge in [0.25, 0.3) is 0 Å². The summed E-state index contributed by atoms with van der Waals surface area (Å²) in [6.45, 7) is 4.38. The summed E-state index contributed by atoms with van der Waals surface area (Å²) in [5.41, 5.74) is 15.7. The van der Waals surface area contributed by atoms with Crippen molar-refractivity contribution in [3.8, 4) is 0 Å². The van der Waals surface area contributed by atoms with Gasteiger partial charge >= 0.3 is 0 Å². The SMILES string of the molecule is CC(C)c1ccc(CCC2CCc3nc(N)nc(N)c3N2C=O)cc1. The molecule has 3 rings (SSSR count). The topological polar surface area (TPSA) is 98.1 Å². The summed E-state index contributed by atoms with van der Waals surface area (Å²) in [5.74, 6) is 0.969. The average molecular weight is 339 g/mol. The number of hydrogen-bond donors (Lipinski definition) is 2. The molecule has 0 saturated heterocycles. The van der Waals surface area contributed by atoms with Gasteiger partial charge in [-0.1, -0.05) is 38.1 Å². The van der Waals surface area contributed by atoms with Crippen molar-refractivity contribution in [3.63, 3.8) is 0 Å². The van der Waals surface area contributed by atoms with Crippen molar-refractivity contribution in [3.05, 3.63) is 41.1 Å². The van der Waals surface area contributed by atoms with Crippen LogP contribution in [0.25, 0.3) is 0 Å². The number of aryl methyl sites for hydroxylation is 2. The zero-order valence-corrected chi connectivity index (χ0v) is 14.8. The molecule has 4 N–H and O–H groups in total. The van der Waals surface area contributed by atoms with E-state index in [1.54, 1.807) is 4.90 Å². The molecule has 0 saturated carbocycles. The highest BCUT2D eigenvalue weighted by atomic mass is 16.1. The van der Waals surface area contributed by atoms with Crippen LogP contribution in [0.15, 0.2) is 24.3 Å². The third kappa shape index (κ3) is 3.57. The highest BCUT2D eigenvalue weighted by Crippen LogP contribution is 2.34. The monoisotopic (exact) mass is 339 g/mol. The minimum absolute atomic E-state index is 0.101. The quantitative estimate of drug-likeness (QED) is 0.816. The van der Waals surface area contributed by atoms with Crippen LogP contribution in [0.3, 0.4) is 0 Å². The Hall–Kier alpha value is -2.63. The van der Waals surface area contributed by atoms with Gasteiger partial charge in [0, 0.05) is 6.04 Å². The molecule has 6 heteroatoms. The van der Waals surface area contributed by atoms with Gasteiger partial charge in [0.05, 0.1) is 5.69 Å². The van der Waals surface area contributed by atoms with Crippen LogP contribution in [0, 0.1) is 0 Å².